The van der Waals surface area contributed by atoms with Crippen molar-refractivity contribution in [2.75, 3.05) is 25.6 Å². The van der Waals surface area contributed by atoms with Crippen LogP contribution in [0.4, 0.5) is 5.69 Å². The highest BCUT2D eigenvalue weighted by Gasteiger charge is 2.21. The molecule has 0 spiro atoms. The van der Waals surface area contributed by atoms with E-state index in [9.17, 15) is 4.79 Å². The molecule has 1 aliphatic rings. The summed E-state index contributed by atoms with van der Waals surface area (Å²) in [6.07, 6.45) is 2.35. The first-order valence-corrected chi connectivity index (χ1v) is 8.35. The van der Waals surface area contributed by atoms with Crippen molar-refractivity contribution >= 4 is 11.6 Å². The third kappa shape index (κ3) is 4.15. The fourth-order valence-electron chi connectivity index (χ4n) is 3.01. The highest BCUT2D eigenvalue weighted by molar-refractivity contribution is 5.92. The number of benzene rings is 2. The Hall–Kier alpha value is -2.33. The molecule has 2 aromatic rings. The van der Waals surface area contributed by atoms with Crippen LogP contribution in [0.2, 0.25) is 0 Å². The summed E-state index contributed by atoms with van der Waals surface area (Å²) >= 11 is 0. The maximum Gasteiger partial charge on any atom is 0.227 e. The van der Waals surface area contributed by atoms with Crippen LogP contribution in [0.15, 0.2) is 48.5 Å². The summed E-state index contributed by atoms with van der Waals surface area (Å²) in [6, 6.07) is 16.0. The van der Waals surface area contributed by atoms with Crippen LogP contribution in [0.1, 0.15) is 24.0 Å². The summed E-state index contributed by atoms with van der Waals surface area (Å²) in [5, 5.41) is 3.04. The van der Waals surface area contributed by atoms with Gasteiger partial charge in [-0.3, -0.25) is 4.79 Å². The van der Waals surface area contributed by atoms with Crippen molar-refractivity contribution in [3.63, 3.8) is 0 Å². The van der Waals surface area contributed by atoms with Gasteiger partial charge in [-0.25, -0.2) is 0 Å². The first kappa shape index (κ1) is 16.5. The molecule has 1 N–H and O–H groups in total. The molecule has 4 heteroatoms. The maximum atomic E-state index is 12.4. The van der Waals surface area contributed by atoms with Crippen LogP contribution in [-0.4, -0.2) is 26.2 Å². The molecule has 1 aliphatic heterocycles. The molecule has 1 fully saturated rings. The van der Waals surface area contributed by atoms with Crippen molar-refractivity contribution in [3.8, 4) is 5.75 Å². The fraction of sp³-hybridized carbons (Fsp3) is 0.350. The van der Waals surface area contributed by atoms with E-state index in [1.54, 1.807) is 7.11 Å². The number of hydrogen-bond donors (Lipinski definition) is 1. The van der Waals surface area contributed by atoms with E-state index in [2.05, 4.69) is 17.4 Å². The minimum atomic E-state index is 0.0402. The Morgan fingerprint density at radius 3 is 2.62 bits per heavy atom. The Bertz CT molecular complexity index is 679. The van der Waals surface area contributed by atoms with Crippen molar-refractivity contribution in [3.05, 3.63) is 59.7 Å². The van der Waals surface area contributed by atoms with Gasteiger partial charge in [-0.15, -0.1) is 0 Å². The summed E-state index contributed by atoms with van der Waals surface area (Å²) in [6.45, 7) is 1.33. The van der Waals surface area contributed by atoms with Crippen molar-refractivity contribution in [1.29, 1.82) is 0 Å². The lowest BCUT2D eigenvalue weighted by Crippen LogP contribution is -2.28. The van der Waals surface area contributed by atoms with E-state index in [1.165, 1.54) is 5.56 Å². The Balaban J connectivity index is 1.74. The number of carbonyl (C=O) groups is 1. The van der Waals surface area contributed by atoms with Crippen LogP contribution < -0.4 is 10.1 Å². The van der Waals surface area contributed by atoms with Crippen LogP contribution in [-0.2, 0) is 16.0 Å². The molecule has 0 atom stereocenters. The quantitative estimate of drug-likeness (QED) is 0.913. The summed E-state index contributed by atoms with van der Waals surface area (Å²) in [4.78, 5) is 12.4. The highest BCUT2D eigenvalue weighted by Crippen LogP contribution is 2.26. The Kier molecular flexibility index (Phi) is 5.49. The van der Waals surface area contributed by atoms with Crippen molar-refractivity contribution in [1.82, 2.24) is 0 Å². The molecule has 0 aliphatic carbocycles. The van der Waals surface area contributed by atoms with E-state index in [0.717, 1.165) is 36.3 Å². The van der Waals surface area contributed by atoms with E-state index in [1.807, 2.05) is 36.4 Å². The number of amides is 1. The van der Waals surface area contributed by atoms with Gasteiger partial charge in [-0.1, -0.05) is 30.3 Å². The molecule has 0 saturated carbocycles. The van der Waals surface area contributed by atoms with Gasteiger partial charge in [0.15, 0.2) is 0 Å². The van der Waals surface area contributed by atoms with E-state index >= 15 is 0 Å². The van der Waals surface area contributed by atoms with E-state index in [4.69, 9.17) is 9.47 Å². The van der Waals surface area contributed by atoms with Crippen molar-refractivity contribution in [2.45, 2.75) is 19.3 Å². The van der Waals surface area contributed by atoms with Crippen molar-refractivity contribution < 1.29 is 14.3 Å². The molecule has 1 saturated heterocycles. The normalized spacial score (nSPS) is 15.0. The first-order chi connectivity index (χ1) is 11.8. The molecule has 1 amide bonds. The highest BCUT2D eigenvalue weighted by atomic mass is 16.5. The van der Waals surface area contributed by atoms with Gasteiger partial charge in [0.25, 0.3) is 0 Å². The lowest BCUT2D eigenvalue weighted by molar-refractivity contribution is -0.122. The third-order valence-electron chi connectivity index (χ3n) is 4.38. The van der Waals surface area contributed by atoms with Gasteiger partial charge in [0.05, 0.1) is 7.11 Å². The first-order valence-electron chi connectivity index (χ1n) is 8.35. The van der Waals surface area contributed by atoms with E-state index < -0.39 is 0 Å². The molecule has 3 rings (SSSR count). The van der Waals surface area contributed by atoms with Gasteiger partial charge in [-0.05, 0) is 36.6 Å². The molecule has 0 unspecified atom stereocenters. The largest absolute Gasteiger partial charge is 0.496 e. The Labute approximate surface area is 142 Å². The lowest BCUT2D eigenvalue weighted by atomic mass is 9.99. The smallest absolute Gasteiger partial charge is 0.227 e. The molecule has 4 nitrogen and oxygen atoms in total. The van der Waals surface area contributed by atoms with E-state index in [-0.39, 0.29) is 11.8 Å². The van der Waals surface area contributed by atoms with Gasteiger partial charge in [-0.2, -0.15) is 0 Å². The number of carbonyl (C=O) groups excluding carboxylic acids is 1. The number of methoxy groups -OCH3 is 1. The van der Waals surface area contributed by atoms with Gasteiger partial charge < -0.3 is 14.8 Å². The number of anilines is 1. The molecule has 0 bridgehead atoms. The predicted molar refractivity (Wildman–Crippen MR) is 94.4 cm³/mol. The summed E-state index contributed by atoms with van der Waals surface area (Å²) in [5.74, 6) is 0.954. The summed E-state index contributed by atoms with van der Waals surface area (Å²) in [7, 11) is 1.67. The topological polar surface area (TPSA) is 47.6 Å². The second kappa shape index (κ2) is 7.97. The van der Waals surface area contributed by atoms with Gasteiger partial charge in [0.1, 0.15) is 5.75 Å². The van der Waals surface area contributed by atoms with Crippen LogP contribution in [0.25, 0.3) is 0 Å². The zero-order valence-corrected chi connectivity index (χ0v) is 14.0. The monoisotopic (exact) mass is 325 g/mol. The summed E-state index contributed by atoms with van der Waals surface area (Å²) < 4.78 is 10.8. The SMILES string of the molecule is COc1ccc(NC(=O)C2CCOCC2)cc1Cc1ccccc1. The van der Waals surface area contributed by atoms with Crippen molar-refractivity contribution in [2.24, 2.45) is 5.92 Å². The molecule has 1 heterocycles. The van der Waals surface area contributed by atoms with E-state index in [0.29, 0.717) is 13.2 Å². The Morgan fingerprint density at radius 1 is 1.17 bits per heavy atom. The van der Waals surface area contributed by atoms with Crippen LogP contribution in [0.3, 0.4) is 0 Å². The standard InChI is InChI=1S/C20H23NO3/c1-23-19-8-7-18(21-20(22)16-9-11-24-12-10-16)14-17(19)13-15-5-3-2-4-6-15/h2-8,14,16H,9-13H2,1H3,(H,21,22). The maximum absolute atomic E-state index is 12.4. The zero-order chi connectivity index (χ0) is 16.8. The third-order valence-corrected chi connectivity index (χ3v) is 4.38. The lowest BCUT2D eigenvalue weighted by Gasteiger charge is -2.21. The Morgan fingerprint density at radius 2 is 1.92 bits per heavy atom. The van der Waals surface area contributed by atoms with Gasteiger partial charge in [0.2, 0.25) is 5.91 Å². The molecule has 126 valence electrons. The predicted octanol–water partition coefficient (Wildman–Crippen LogP) is 3.65. The number of nitrogens with one attached hydrogen (secondary N) is 1. The minimum Gasteiger partial charge on any atom is -0.496 e. The van der Waals surface area contributed by atoms with Crippen LogP contribution in [0, 0.1) is 5.92 Å². The molecular formula is C20H23NO3. The second-order valence-corrected chi connectivity index (χ2v) is 6.06. The van der Waals surface area contributed by atoms with Gasteiger partial charge >= 0.3 is 0 Å². The van der Waals surface area contributed by atoms with Crippen LogP contribution in [0.5, 0.6) is 5.75 Å². The average Bonchev–Trinajstić information content (AvgIpc) is 2.63. The second-order valence-electron chi connectivity index (χ2n) is 6.06. The van der Waals surface area contributed by atoms with Crippen LogP contribution >= 0.6 is 0 Å². The average molecular weight is 325 g/mol. The molecule has 2 aromatic carbocycles. The number of rotatable bonds is 5. The molecule has 24 heavy (non-hydrogen) atoms. The number of hydrogen-bond acceptors (Lipinski definition) is 3. The minimum absolute atomic E-state index is 0.0402. The van der Waals surface area contributed by atoms with Gasteiger partial charge in [0, 0.05) is 36.8 Å². The fourth-order valence-corrected chi connectivity index (χ4v) is 3.01. The zero-order valence-electron chi connectivity index (χ0n) is 14.0. The molecule has 0 radical (unpaired) electrons. The number of ether oxygens (including phenoxy) is 2. The molecular weight excluding hydrogens is 302 g/mol. The molecule has 0 aromatic heterocycles. The summed E-state index contributed by atoms with van der Waals surface area (Å²) in [5.41, 5.74) is 3.09.